The number of likely N-dealkylation sites (tertiary alicyclic amines) is 1. The molecule has 0 aromatic heterocycles. The summed E-state index contributed by atoms with van der Waals surface area (Å²) in [6, 6.07) is 0.828. The van der Waals surface area contributed by atoms with Crippen molar-refractivity contribution in [2.75, 3.05) is 13.1 Å². The van der Waals surface area contributed by atoms with Crippen LogP contribution in [-0.4, -0.2) is 52.7 Å². The Hall–Kier alpha value is -1.29. The van der Waals surface area contributed by atoms with Gasteiger partial charge in [-0.25, -0.2) is 4.79 Å². The molecule has 0 unspecified atom stereocenters. The summed E-state index contributed by atoms with van der Waals surface area (Å²) in [5, 5.41) is 0. The largest absolute Gasteiger partial charge is 0.444 e. The monoisotopic (exact) mass is 292 g/mol. The minimum atomic E-state index is -0.442. The molecule has 2 saturated heterocycles. The van der Waals surface area contributed by atoms with E-state index in [0.29, 0.717) is 6.04 Å². The van der Waals surface area contributed by atoms with E-state index in [1.807, 2.05) is 37.8 Å². The van der Waals surface area contributed by atoms with E-state index in [4.69, 9.17) is 4.74 Å². The summed E-state index contributed by atoms with van der Waals surface area (Å²) in [5.74, 6) is 0. The third-order valence-corrected chi connectivity index (χ3v) is 4.28. The van der Waals surface area contributed by atoms with Crippen molar-refractivity contribution >= 4 is 6.09 Å². The molecule has 2 heterocycles. The minimum absolute atomic E-state index is 0.165. The summed E-state index contributed by atoms with van der Waals surface area (Å²) in [5.41, 5.74) is -0.442. The second kappa shape index (κ2) is 6.22. The van der Waals surface area contributed by atoms with Crippen molar-refractivity contribution in [1.82, 2.24) is 9.80 Å². The average Bonchev–Trinajstić information content (AvgIpc) is 2.69. The lowest BCUT2D eigenvalue weighted by Crippen LogP contribution is -2.61. The summed E-state index contributed by atoms with van der Waals surface area (Å²) < 4.78 is 5.60. The van der Waals surface area contributed by atoms with Crippen LogP contribution in [0.1, 0.15) is 40.0 Å². The topological polar surface area (TPSA) is 32.8 Å². The molecule has 4 heteroatoms. The first-order chi connectivity index (χ1) is 9.87. The minimum Gasteiger partial charge on any atom is -0.444 e. The van der Waals surface area contributed by atoms with Crippen LogP contribution in [0.5, 0.6) is 0 Å². The second-order valence-electron chi connectivity index (χ2n) is 7.02. The van der Waals surface area contributed by atoms with E-state index in [1.54, 1.807) is 0 Å². The van der Waals surface area contributed by atoms with Crippen LogP contribution in [0.25, 0.3) is 0 Å². The van der Waals surface area contributed by atoms with Crippen molar-refractivity contribution in [3.05, 3.63) is 25.3 Å². The number of rotatable bonds is 4. The molecule has 0 aromatic carbocycles. The van der Waals surface area contributed by atoms with E-state index in [1.165, 1.54) is 0 Å². The number of hydrogen-bond acceptors (Lipinski definition) is 3. The molecule has 2 aliphatic rings. The highest BCUT2D eigenvalue weighted by atomic mass is 16.6. The molecule has 2 fully saturated rings. The van der Waals surface area contributed by atoms with Gasteiger partial charge in [-0.15, -0.1) is 13.2 Å². The lowest BCUT2D eigenvalue weighted by Gasteiger charge is -2.46. The highest BCUT2D eigenvalue weighted by molar-refractivity contribution is 5.70. The first kappa shape index (κ1) is 16.1. The maximum atomic E-state index is 12.5. The quantitative estimate of drug-likeness (QED) is 0.746. The molecule has 2 rings (SSSR count). The smallest absolute Gasteiger partial charge is 0.410 e. The fourth-order valence-corrected chi connectivity index (χ4v) is 3.57. The summed E-state index contributed by atoms with van der Waals surface area (Å²) in [6.07, 6.45) is 6.74. The summed E-state index contributed by atoms with van der Waals surface area (Å²) in [6.45, 7) is 15.3. The molecular formula is C17H28N2O2. The molecule has 118 valence electrons. The van der Waals surface area contributed by atoms with Gasteiger partial charge in [0.05, 0.1) is 6.04 Å². The van der Waals surface area contributed by atoms with Crippen molar-refractivity contribution in [3.8, 4) is 0 Å². The maximum Gasteiger partial charge on any atom is 0.410 e. The Kier molecular flexibility index (Phi) is 4.77. The fourth-order valence-electron chi connectivity index (χ4n) is 3.57. The van der Waals surface area contributed by atoms with Gasteiger partial charge in [0.25, 0.3) is 0 Å². The first-order valence-corrected chi connectivity index (χ1v) is 7.84. The molecule has 0 saturated carbocycles. The van der Waals surface area contributed by atoms with Gasteiger partial charge >= 0.3 is 6.09 Å². The van der Waals surface area contributed by atoms with E-state index in [-0.39, 0.29) is 18.2 Å². The van der Waals surface area contributed by atoms with Gasteiger partial charge in [-0.3, -0.25) is 9.80 Å². The number of nitrogens with zero attached hydrogens (tertiary/aromatic N) is 2. The van der Waals surface area contributed by atoms with Crippen LogP contribution in [-0.2, 0) is 4.74 Å². The van der Waals surface area contributed by atoms with Crippen molar-refractivity contribution < 1.29 is 9.53 Å². The molecule has 21 heavy (non-hydrogen) atoms. The highest BCUT2D eigenvalue weighted by Crippen LogP contribution is 2.36. The molecule has 0 aliphatic carbocycles. The Morgan fingerprint density at radius 2 is 2.00 bits per heavy atom. The van der Waals surface area contributed by atoms with Gasteiger partial charge in [0.2, 0.25) is 0 Å². The molecule has 4 nitrogen and oxygen atoms in total. The van der Waals surface area contributed by atoms with Gasteiger partial charge < -0.3 is 4.74 Å². The van der Waals surface area contributed by atoms with E-state index in [2.05, 4.69) is 18.1 Å². The van der Waals surface area contributed by atoms with Gasteiger partial charge in [0, 0.05) is 25.2 Å². The van der Waals surface area contributed by atoms with Gasteiger partial charge in [0.1, 0.15) is 5.60 Å². The third kappa shape index (κ3) is 3.49. The third-order valence-electron chi connectivity index (χ3n) is 4.28. The number of ether oxygens (including phenoxy) is 1. The molecule has 0 spiro atoms. The predicted molar refractivity (Wildman–Crippen MR) is 85.3 cm³/mol. The van der Waals surface area contributed by atoms with Crippen LogP contribution in [0.4, 0.5) is 4.79 Å². The highest BCUT2D eigenvalue weighted by Gasteiger charge is 2.48. The van der Waals surface area contributed by atoms with Gasteiger partial charge in [-0.05, 0) is 40.0 Å². The van der Waals surface area contributed by atoms with Gasteiger partial charge in [-0.1, -0.05) is 12.2 Å². The molecular weight excluding hydrogens is 264 g/mol. The van der Waals surface area contributed by atoms with Crippen LogP contribution in [0.3, 0.4) is 0 Å². The molecule has 0 N–H and O–H groups in total. The predicted octanol–water partition coefficient (Wildman–Crippen LogP) is 3.20. The maximum absolute atomic E-state index is 12.5. The molecule has 1 amide bonds. The summed E-state index contributed by atoms with van der Waals surface area (Å²) in [4.78, 5) is 16.9. The number of amides is 1. The van der Waals surface area contributed by atoms with Crippen LogP contribution >= 0.6 is 0 Å². The standard InChI is InChI=1S/C17H28N2O2/c1-6-8-14-15-10-9-13(12-18(14)11-7-2)19(15)16(20)21-17(3,4)5/h6-7,13-15H,1-2,8-12H2,3-5H3/t13-,14+,15+/m0/s1. The molecule has 0 radical (unpaired) electrons. The first-order valence-electron chi connectivity index (χ1n) is 7.84. The van der Waals surface area contributed by atoms with Gasteiger partial charge in [0.15, 0.2) is 0 Å². The Bertz CT molecular complexity index is 414. The zero-order valence-corrected chi connectivity index (χ0v) is 13.5. The number of piperazine rings is 1. The molecule has 2 aliphatic heterocycles. The van der Waals surface area contributed by atoms with Gasteiger partial charge in [-0.2, -0.15) is 0 Å². The Labute approximate surface area is 128 Å². The average molecular weight is 292 g/mol. The van der Waals surface area contributed by atoms with E-state index < -0.39 is 5.60 Å². The van der Waals surface area contributed by atoms with E-state index in [9.17, 15) is 4.79 Å². The summed E-state index contributed by atoms with van der Waals surface area (Å²) >= 11 is 0. The van der Waals surface area contributed by atoms with Crippen molar-refractivity contribution in [1.29, 1.82) is 0 Å². The Balaban J connectivity index is 2.16. The summed E-state index contributed by atoms with van der Waals surface area (Å²) in [7, 11) is 0. The zero-order valence-electron chi connectivity index (χ0n) is 13.5. The van der Waals surface area contributed by atoms with Crippen LogP contribution in [0.2, 0.25) is 0 Å². The number of carbonyl (C=O) groups excluding carboxylic acids is 1. The van der Waals surface area contributed by atoms with E-state index in [0.717, 1.165) is 32.4 Å². The van der Waals surface area contributed by atoms with Crippen LogP contribution in [0, 0.1) is 0 Å². The second-order valence-corrected chi connectivity index (χ2v) is 7.02. The SMILES string of the molecule is C=CC[C@@H]1[C@H]2CC[C@@H](CN1CC=C)N2C(=O)OC(C)(C)C. The zero-order chi connectivity index (χ0) is 15.6. The van der Waals surface area contributed by atoms with Crippen molar-refractivity contribution in [3.63, 3.8) is 0 Å². The van der Waals surface area contributed by atoms with E-state index >= 15 is 0 Å². The lowest BCUT2D eigenvalue weighted by atomic mass is 9.99. The Morgan fingerprint density at radius 1 is 1.29 bits per heavy atom. The molecule has 2 bridgehead atoms. The number of hydrogen-bond donors (Lipinski definition) is 0. The molecule has 3 atom stereocenters. The normalized spacial score (nSPS) is 29.3. The van der Waals surface area contributed by atoms with Crippen LogP contribution < -0.4 is 0 Å². The van der Waals surface area contributed by atoms with Crippen molar-refractivity contribution in [2.24, 2.45) is 0 Å². The van der Waals surface area contributed by atoms with Crippen molar-refractivity contribution in [2.45, 2.75) is 63.8 Å². The Morgan fingerprint density at radius 3 is 2.57 bits per heavy atom. The molecule has 0 aromatic rings. The number of fused-ring (bicyclic) bond motifs is 2. The fraction of sp³-hybridized carbons (Fsp3) is 0.706. The lowest BCUT2D eigenvalue weighted by molar-refractivity contribution is -0.0191. The van der Waals surface area contributed by atoms with Crippen LogP contribution in [0.15, 0.2) is 25.3 Å². The number of carbonyl (C=O) groups is 1.